The molecule has 138 valence electrons. The number of hydrogen-bond donors (Lipinski definition) is 3. The summed E-state index contributed by atoms with van der Waals surface area (Å²) in [5.74, 6) is 0.212. The average Bonchev–Trinajstić information content (AvgIpc) is 3.45. The summed E-state index contributed by atoms with van der Waals surface area (Å²) >= 11 is 3.12. The summed E-state index contributed by atoms with van der Waals surface area (Å²) in [6.07, 6.45) is 4.67. The zero-order chi connectivity index (χ0) is 18.4. The minimum atomic E-state index is 0.212. The predicted octanol–water partition coefficient (Wildman–Crippen LogP) is 3.31. The van der Waals surface area contributed by atoms with Crippen LogP contribution in [-0.4, -0.2) is 51.5 Å². The summed E-state index contributed by atoms with van der Waals surface area (Å²) in [4.78, 5) is 13.6. The molecule has 1 aliphatic rings. The van der Waals surface area contributed by atoms with Crippen molar-refractivity contribution in [2.45, 2.75) is 12.5 Å². The van der Waals surface area contributed by atoms with Gasteiger partial charge in [0.2, 0.25) is 0 Å². The van der Waals surface area contributed by atoms with Crippen LogP contribution in [0.3, 0.4) is 0 Å². The van der Waals surface area contributed by atoms with E-state index in [1.807, 2.05) is 12.1 Å². The number of aromatic amines is 1. The Bertz CT molecular complexity index is 1050. The number of fused-ring (bicyclic) bond motifs is 1. The van der Waals surface area contributed by atoms with Crippen LogP contribution in [0.5, 0.6) is 5.75 Å². The van der Waals surface area contributed by atoms with Gasteiger partial charge in [-0.15, -0.1) is 0 Å². The highest BCUT2D eigenvalue weighted by Gasteiger charge is 2.23. The Hall–Kier alpha value is -2.49. The van der Waals surface area contributed by atoms with Crippen LogP contribution in [0.1, 0.15) is 6.42 Å². The fraction of sp³-hybridized carbons (Fsp3) is 0.278. The van der Waals surface area contributed by atoms with Crippen molar-refractivity contribution in [2.24, 2.45) is 0 Å². The maximum atomic E-state index is 10.5. The summed E-state index contributed by atoms with van der Waals surface area (Å²) in [5.41, 5.74) is 2.58. The second-order valence-corrected chi connectivity index (χ2v) is 8.54. The number of anilines is 1. The van der Waals surface area contributed by atoms with Crippen LogP contribution in [0, 0.1) is 0 Å². The third-order valence-corrected chi connectivity index (χ3v) is 7.06. The van der Waals surface area contributed by atoms with Gasteiger partial charge in [0.05, 0.1) is 11.8 Å². The van der Waals surface area contributed by atoms with Gasteiger partial charge in [-0.2, -0.15) is 5.10 Å². The highest BCUT2D eigenvalue weighted by molar-refractivity contribution is 7.29. The Labute approximate surface area is 163 Å². The van der Waals surface area contributed by atoms with E-state index < -0.39 is 0 Å². The molecule has 1 saturated heterocycles. The zero-order valence-corrected chi connectivity index (χ0v) is 16.3. The van der Waals surface area contributed by atoms with Crippen LogP contribution in [0.25, 0.3) is 31.4 Å². The van der Waals surface area contributed by atoms with E-state index in [0.29, 0.717) is 6.04 Å². The van der Waals surface area contributed by atoms with Gasteiger partial charge in [0, 0.05) is 31.4 Å². The smallest absolute Gasteiger partial charge is 0.188 e. The molecule has 5 rings (SSSR count). The quantitative estimate of drug-likeness (QED) is 0.489. The highest BCUT2D eigenvalue weighted by atomic mass is 32.1. The molecule has 0 saturated carbocycles. The molecule has 4 heterocycles. The fourth-order valence-corrected chi connectivity index (χ4v) is 5.43. The van der Waals surface area contributed by atoms with Gasteiger partial charge in [0.25, 0.3) is 0 Å². The molecule has 3 N–H and O–H groups in total. The monoisotopic (exact) mass is 398 g/mol. The van der Waals surface area contributed by atoms with Crippen LogP contribution in [0.15, 0.2) is 30.6 Å². The van der Waals surface area contributed by atoms with E-state index in [1.54, 1.807) is 29.8 Å². The molecule has 1 aromatic carbocycles. The predicted molar refractivity (Wildman–Crippen MR) is 110 cm³/mol. The average molecular weight is 399 g/mol. The molecule has 0 amide bonds. The maximum Gasteiger partial charge on any atom is 0.188 e. The van der Waals surface area contributed by atoms with Crippen molar-refractivity contribution in [3.63, 3.8) is 0 Å². The Balaban J connectivity index is 1.44. The highest BCUT2D eigenvalue weighted by Crippen LogP contribution is 2.40. The number of nitrogens with zero attached hydrogens (tertiary/aromatic N) is 4. The number of likely N-dealkylation sites (N-methyl/N-ethyl adjacent to an activating group) is 1. The molecule has 0 spiro atoms. The number of phenols is 1. The first-order chi connectivity index (χ1) is 13.2. The third kappa shape index (κ3) is 2.97. The summed E-state index contributed by atoms with van der Waals surface area (Å²) in [6, 6.07) is 6.10. The molecular formula is C18H18N6OS2. The summed E-state index contributed by atoms with van der Waals surface area (Å²) in [7, 11) is 2.10. The number of rotatable bonds is 4. The molecule has 1 atom stereocenters. The summed E-state index contributed by atoms with van der Waals surface area (Å²) < 4.78 is 0. The third-order valence-electron chi connectivity index (χ3n) is 4.91. The largest absolute Gasteiger partial charge is 0.507 e. The molecule has 0 bridgehead atoms. The lowest BCUT2D eigenvalue weighted by Gasteiger charge is -2.22. The standard InChI is InChI=1S/C18H18N6OS2/c1-24(12-4-5-19-9-12)18-23-17-16(27-18)22-15(26-17)13-3-2-10(6-14(13)25)11-7-20-21-8-11/h2-3,6-8,12,19,25H,4-5,9H2,1H3,(H,20,21)/t12-/m0/s1. The number of thiazole rings is 2. The number of nitrogens with one attached hydrogen (secondary N) is 2. The molecule has 0 aliphatic carbocycles. The van der Waals surface area contributed by atoms with Crippen molar-refractivity contribution in [3.05, 3.63) is 30.6 Å². The fourth-order valence-electron chi connectivity index (χ4n) is 3.32. The zero-order valence-electron chi connectivity index (χ0n) is 14.6. The Kier molecular flexibility index (Phi) is 4.07. The second kappa shape index (κ2) is 6.59. The molecule has 1 aliphatic heterocycles. The number of aromatic hydroxyl groups is 1. The first-order valence-corrected chi connectivity index (χ1v) is 10.4. The van der Waals surface area contributed by atoms with Gasteiger partial charge in [-0.05, 0) is 30.7 Å². The lowest BCUT2D eigenvalue weighted by molar-refractivity contribution is 0.477. The van der Waals surface area contributed by atoms with Crippen LogP contribution in [0.4, 0.5) is 5.13 Å². The Morgan fingerprint density at radius 1 is 1.19 bits per heavy atom. The van der Waals surface area contributed by atoms with Crippen molar-refractivity contribution < 1.29 is 5.11 Å². The molecule has 1 fully saturated rings. The van der Waals surface area contributed by atoms with Crippen LogP contribution in [0.2, 0.25) is 0 Å². The number of phenolic OH excluding ortho intramolecular Hbond substituents is 1. The van der Waals surface area contributed by atoms with Crippen molar-refractivity contribution in [1.29, 1.82) is 0 Å². The van der Waals surface area contributed by atoms with E-state index in [4.69, 9.17) is 9.97 Å². The van der Waals surface area contributed by atoms with Gasteiger partial charge in [0.1, 0.15) is 10.8 Å². The van der Waals surface area contributed by atoms with Crippen LogP contribution in [-0.2, 0) is 0 Å². The SMILES string of the molecule is CN(c1nc2sc(-c3ccc(-c4cn[nH]c4)cc3O)nc2s1)[C@H]1CCNC1. The van der Waals surface area contributed by atoms with E-state index in [1.165, 1.54) is 11.3 Å². The molecule has 0 radical (unpaired) electrons. The number of benzene rings is 1. The lowest BCUT2D eigenvalue weighted by Crippen LogP contribution is -2.33. The molecular weight excluding hydrogens is 380 g/mol. The Morgan fingerprint density at radius 3 is 2.78 bits per heavy atom. The summed E-state index contributed by atoms with van der Waals surface area (Å²) in [6.45, 7) is 2.06. The van der Waals surface area contributed by atoms with Gasteiger partial charge in [0.15, 0.2) is 14.8 Å². The number of H-pyrrole nitrogens is 1. The first-order valence-electron chi connectivity index (χ1n) is 8.72. The summed E-state index contributed by atoms with van der Waals surface area (Å²) in [5, 5.41) is 22.4. The molecule has 7 nitrogen and oxygen atoms in total. The molecule has 3 aromatic heterocycles. The normalized spacial score (nSPS) is 17.0. The minimum absolute atomic E-state index is 0.212. The van der Waals surface area contributed by atoms with Gasteiger partial charge < -0.3 is 15.3 Å². The number of hydrogen-bond acceptors (Lipinski definition) is 8. The minimum Gasteiger partial charge on any atom is -0.507 e. The molecule has 27 heavy (non-hydrogen) atoms. The van der Waals surface area contributed by atoms with E-state index >= 15 is 0 Å². The van der Waals surface area contributed by atoms with Gasteiger partial charge in [-0.3, -0.25) is 5.10 Å². The van der Waals surface area contributed by atoms with Crippen molar-refractivity contribution in [3.8, 4) is 27.4 Å². The molecule has 0 unspecified atom stereocenters. The van der Waals surface area contributed by atoms with E-state index in [-0.39, 0.29) is 5.75 Å². The van der Waals surface area contributed by atoms with E-state index in [2.05, 4.69) is 27.5 Å². The van der Waals surface area contributed by atoms with E-state index in [9.17, 15) is 5.11 Å². The van der Waals surface area contributed by atoms with Crippen LogP contribution < -0.4 is 10.2 Å². The maximum absolute atomic E-state index is 10.5. The second-order valence-electron chi connectivity index (χ2n) is 6.60. The molecule has 9 heteroatoms. The molecule has 4 aromatic rings. The number of aromatic nitrogens is 4. The topological polar surface area (TPSA) is 90.0 Å². The van der Waals surface area contributed by atoms with Crippen LogP contribution >= 0.6 is 22.7 Å². The van der Waals surface area contributed by atoms with Crippen molar-refractivity contribution in [2.75, 3.05) is 25.0 Å². The lowest BCUT2D eigenvalue weighted by atomic mass is 10.1. The first kappa shape index (κ1) is 16.7. The van der Waals surface area contributed by atoms with E-state index in [0.717, 1.165) is 56.0 Å². The van der Waals surface area contributed by atoms with Crippen molar-refractivity contribution >= 4 is 37.5 Å². The Morgan fingerprint density at radius 2 is 2.07 bits per heavy atom. The van der Waals surface area contributed by atoms with Crippen molar-refractivity contribution in [1.82, 2.24) is 25.5 Å². The van der Waals surface area contributed by atoms with Gasteiger partial charge >= 0.3 is 0 Å². The van der Waals surface area contributed by atoms with Gasteiger partial charge in [-0.25, -0.2) is 9.97 Å². The van der Waals surface area contributed by atoms with Gasteiger partial charge in [-0.1, -0.05) is 28.7 Å².